The van der Waals surface area contributed by atoms with Crippen LogP contribution < -0.4 is 4.90 Å². The summed E-state index contributed by atoms with van der Waals surface area (Å²) in [6.07, 6.45) is 0.920. The quantitative estimate of drug-likeness (QED) is 0.935. The lowest BCUT2D eigenvalue weighted by Crippen LogP contribution is -2.45. The molecule has 1 aromatic carbocycles. The van der Waals surface area contributed by atoms with Gasteiger partial charge in [0.25, 0.3) is 6.01 Å². The zero-order chi connectivity index (χ0) is 15.0. The number of rotatable bonds is 3. The highest BCUT2D eigenvalue weighted by molar-refractivity contribution is 6.02. The van der Waals surface area contributed by atoms with Crippen LogP contribution in [0.5, 0.6) is 0 Å². The Labute approximate surface area is 122 Å². The largest absolute Gasteiger partial charge is 0.478 e. The van der Waals surface area contributed by atoms with E-state index in [0.29, 0.717) is 42.4 Å². The smallest absolute Gasteiger partial charge is 0.338 e. The lowest BCUT2D eigenvalue weighted by molar-refractivity contribution is 0.0698. The number of anilines is 1. The number of carboxylic acid groups (broad SMARTS) is 1. The van der Waals surface area contributed by atoms with Gasteiger partial charge in [0.15, 0.2) is 5.58 Å². The molecule has 1 unspecified atom stereocenters. The Bertz CT molecular complexity index is 680. The highest BCUT2D eigenvalue weighted by Crippen LogP contribution is 2.29. The zero-order valence-electron chi connectivity index (χ0n) is 12.1. The molecule has 6 nitrogen and oxygen atoms in total. The third-order valence-corrected chi connectivity index (χ3v) is 3.92. The SMILES string of the molecule is CCC1COCCN1c1nc2c(C(=O)O)c(C)ccc2o1. The first-order valence-electron chi connectivity index (χ1n) is 7.09. The van der Waals surface area contributed by atoms with Crippen molar-refractivity contribution in [2.45, 2.75) is 26.3 Å². The molecule has 112 valence electrons. The Morgan fingerprint density at radius 2 is 2.33 bits per heavy atom. The molecule has 21 heavy (non-hydrogen) atoms. The molecule has 0 bridgehead atoms. The fraction of sp³-hybridized carbons (Fsp3) is 0.467. The van der Waals surface area contributed by atoms with Gasteiger partial charge in [0.1, 0.15) is 5.52 Å². The molecule has 1 fully saturated rings. The van der Waals surface area contributed by atoms with Crippen LogP contribution in [-0.2, 0) is 4.74 Å². The minimum atomic E-state index is -0.980. The van der Waals surface area contributed by atoms with Gasteiger partial charge in [-0.1, -0.05) is 13.0 Å². The summed E-state index contributed by atoms with van der Waals surface area (Å²) >= 11 is 0. The normalized spacial score (nSPS) is 19.1. The summed E-state index contributed by atoms with van der Waals surface area (Å²) in [5, 5.41) is 9.37. The molecule has 1 saturated heterocycles. The second-order valence-corrected chi connectivity index (χ2v) is 5.24. The van der Waals surface area contributed by atoms with Crippen molar-refractivity contribution in [1.82, 2.24) is 4.98 Å². The average molecular weight is 290 g/mol. The Morgan fingerprint density at radius 3 is 3.05 bits per heavy atom. The molecule has 0 radical (unpaired) electrons. The molecule has 2 aromatic rings. The summed E-state index contributed by atoms with van der Waals surface area (Å²) in [5.74, 6) is -0.980. The number of carbonyl (C=O) groups is 1. The number of benzene rings is 1. The molecular weight excluding hydrogens is 272 g/mol. The molecule has 6 heteroatoms. The fourth-order valence-electron chi connectivity index (χ4n) is 2.72. The van der Waals surface area contributed by atoms with Gasteiger partial charge in [-0.3, -0.25) is 0 Å². The van der Waals surface area contributed by atoms with E-state index in [2.05, 4.69) is 16.8 Å². The van der Waals surface area contributed by atoms with E-state index < -0.39 is 5.97 Å². The highest BCUT2D eigenvalue weighted by Gasteiger charge is 2.27. The van der Waals surface area contributed by atoms with Crippen LogP contribution in [-0.4, -0.2) is 41.9 Å². The maximum absolute atomic E-state index is 11.4. The third kappa shape index (κ3) is 2.35. The van der Waals surface area contributed by atoms with Gasteiger partial charge in [-0.15, -0.1) is 0 Å². The molecule has 1 aliphatic heterocycles. The first-order chi connectivity index (χ1) is 10.1. The third-order valence-electron chi connectivity index (χ3n) is 3.92. The maximum atomic E-state index is 11.4. The van der Waals surface area contributed by atoms with Crippen molar-refractivity contribution >= 4 is 23.1 Å². The number of hydrogen-bond donors (Lipinski definition) is 1. The van der Waals surface area contributed by atoms with Crippen LogP contribution in [0.4, 0.5) is 6.01 Å². The lowest BCUT2D eigenvalue weighted by Gasteiger charge is -2.33. The van der Waals surface area contributed by atoms with Crippen molar-refractivity contribution in [3.63, 3.8) is 0 Å². The van der Waals surface area contributed by atoms with Crippen molar-refractivity contribution < 1.29 is 19.1 Å². The summed E-state index contributed by atoms with van der Waals surface area (Å²) in [5.41, 5.74) is 1.82. The molecule has 0 amide bonds. The van der Waals surface area contributed by atoms with E-state index in [-0.39, 0.29) is 11.6 Å². The van der Waals surface area contributed by atoms with Gasteiger partial charge in [-0.25, -0.2) is 4.79 Å². The van der Waals surface area contributed by atoms with Crippen LogP contribution in [0.2, 0.25) is 0 Å². The molecule has 0 saturated carbocycles. The summed E-state index contributed by atoms with van der Waals surface area (Å²) in [4.78, 5) is 17.9. The number of aromatic nitrogens is 1. The standard InChI is InChI=1S/C15H18N2O4/c1-3-10-8-20-7-6-17(10)15-16-13-11(21-15)5-4-9(2)12(13)14(18)19/h4-5,10H,3,6-8H2,1-2H3,(H,18,19). The molecule has 2 heterocycles. The number of nitrogens with zero attached hydrogens (tertiary/aromatic N) is 2. The topological polar surface area (TPSA) is 75.8 Å². The van der Waals surface area contributed by atoms with E-state index >= 15 is 0 Å². The van der Waals surface area contributed by atoms with E-state index in [4.69, 9.17) is 9.15 Å². The van der Waals surface area contributed by atoms with Crippen molar-refractivity contribution in [2.24, 2.45) is 0 Å². The lowest BCUT2D eigenvalue weighted by atomic mass is 10.1. The van der Waals surface area contributed by atoms with E-state index in [1.165, 1.54) is 0 Å². The molecule has 1 aromatic heterocycles. The van der Waals surface area contributed by atoms with Crippen LogP contribution in [0, 0.1) is 6.92 Å². The van der Waals surface area contributed by atoms with E-state index in [1.807, 2.05) is 0 Å². The Kier molecular flexibility index (Phi) is 3.55. The van der Waals surface area contributed by atoms with Gasteiger partial charge in [0, 0.05) is 6.54 Å². The van der Waals surface area contributed by atoms with Crippen LogP contribution in [0.15, 0.2) is 16.5 Å². The predicted octanol–water partition coefficient (Wildman–Crippen LogP) is 2.45. The van der Waals surface area contributed by atoms with Gasteiger partial charge < -0.3 is 19.2 Å². The Balaban J connectivity index is 2.08. The number of aryl methyl sites for hydroxylation is 1. The number of morpholine rings is 1. The predicted molar refractivity (Wildman–Crippen MR) is 77.9 cm³/mol. The Morgan fingerprint density at radius 1 is 1.52 bits per heavy atom. The second-order valence-electron chi connectivity index (χ2n) is 5.24. The number of carboxylic acids is 1. The number of aromatic carboxylic acids is 1. The molecule has 1 atom stereocenters. The molecule has 0 aliphatic carbocycles. The minimum Gasteiger partial charge on any atom is -0.478 e. The molecule has 0 spiro atoms. The van der Waals surface area contributed by atoms with Crippen molar-refractivity contribution in [2.75, 3.05) is 24.7 Å². The molecule has 1 aliphatic rings. The van der Waals surface area contributed by atoms with Crippen LogP contribution in [0.1, 0.15) is 29.3 Å². The number of ether oxygens (including phenoxy) is 1. The fourth-order valence-corrected chi connectivity index (χ4v) is 2.72. The summed E-state index contributed by atoms with van der Waals surface area (Å²) in [6.45, 7) is 5.81. The van der Waals surface area contributed by atoms with Crippen molar-refractivity contribution in [3.05, 3.63) is 23.3 Å². The van der Waals surface area contributed by atoms with Gasteiger partial charge in [-0.2, -0.15) is 4.98 Å². The van der Waals surface area contributed by atoms with Gasteiger partial charge in [0.2, 0.25) is 0 Å². The zero-order valence-corrected chi connectivity index (χ0v) is 12.1. The molecule has 1 N–H and O–H groups in total. The van der Waals surface area contributed by atoms with Crippen LogP contribution in [0.25, 0.3) is 11.1 Å². The number of fused-ring (bicyclic) bond motifs is 1. The Hall–Kier alpha value is -2.08. The monoisotopic (exact) mass is 290 g/mol. The summed E-state index contributed by atoms with van der Waals surface area (Å²) in [7, 11) is 0. The van der Waals surface area contributed by atoms with Crippen LogP contribution >= 0.6 is 0 Å². The minimum absolute atomic E-state index is 0.209. The molecule has 3 rings (SSSR count). The first kappa shape index (κ1) is 13.9. The van der Waals surface area contributed by atoms with Gasteiger partial charge in [0.05, 0.1) is 24.8 Å². The van der Waals surface area contributed by atoms with Crippen molar-refractivity contribution in [1.29, 1.82) is 0 Å². The van der Waals surface area contributed by atoms with Gasteiger partial charge >= 0.3 is 5.97 Å². The summed E-state index contributed by atoms with van der Waals surface area (Å²) < 4.78 is 11.3. The van der Waals surface area contributed by atoms with E-state index in [9.17, 15) is 9.90 Å². The van der Waals surface area contributed by atoms with E-state index in [0.717, 1.165) is 6.42 Å². The van der Waals surface area contributed by atoms with Gasteiger partial charge in [-0.05, 0) is 25.0 Å². The average Bonchev–Trinajstić information content (AvgIpc) is 2.90. The van der Waals surface area contributed by atoms with Crippen LogP contribution in [0.3, 0.4) is 0 Å². The second kappa shape index (κ2) is 5.37. The number of hydrogen-bond acceptors (Lipinski definition) is 5. The van der Waals surface area contributed by atoms with E-state index in [1.54, 1.807) is 19.1 Å². The highest BCUT2D eigenvalue weighted by atomic mass is 16.5. The molecular formula is C15H18N2O4. The van der Waals surface area contributed by atoms with Crippen molar-refractivity contribution in [3.8, 4) is 0 Å². The summed E-state index contributed by atoms with van der Waals surface area (Å²) in [6, 6.07) is 4.21. The number of oxazole rings is 1. The maximum Gasteiger partial charge on any atom is 0.338 e. The first-order valence-corrected chi connectivity index (χ1v) is 7.09.